The first-order valence-corrected chi connectivity index (χ1v) is 16.7. The van der Waals surface area contributed by atoms with Crippen molar-refractivity contribution in [3.63, 3.8) is 0 Å². The van der Waals surface area contributed by atoms with Crippen molar-refractivity contribution in [2.45, 2.75) is 162 Å². The molecule has 0 aromatic carbocycles. The van der Waals surface area contributed by atoms with Gasteiger partial charge < -0.3 is 24.1 Å². The van der Waals surface area contributed by atoms with E-state index >= 15 is 0 Å². The number of carbonyl (C=O) groups is 4. The third kappa shape index (κ3) is 10.5. The summed E-state index contributed by atoms with van der Waals surface area (Å²) < 4.78 is 75.9. The molecule has 1 saturated carbocycles. The fourth-order valence-corrected chi connectivity index (χ4v) is 6.78. The summed E-state index contributed by atoms with van der Waals surface area (Å²) in [6, 6.07) is 0. The van der Waals surface area contributed by atoms with Gasteiger partial charge in [0.25, 0.3) is 0 Å². The number of aliphatic hydroxyl groups is 1. The Labute approximate surface area is 275 Å². The molecule has 0 aromatic rings. The molecule has 1 N–H and O–H groups in total. The molecule has 0 spiro atoms. The Balaban J connectivity index is 2.42. The molecular formula is C34H54F4O9. The molecule has 13 heteroatoms. The van der Waals surface area contributed by atoms with Gasteiger partial charge >= 0.3 is 35.9 Å². The SMILES string of the molecule is CCC1(OC(=O)C(C)(CC)CC(C)(CC(C)(C)C(=O)OC(CC(C)C)CC(O)(F)C(F)(F)F)C(=O)OC2CCOC2=O)CCCCC1. The predicted octanol–water partition coefficient (Wildman–Crippen LogP) is 7.30. The highest BCUT2D eigenvalue weighted by Gasteiger charge is 2.57. The van der Waals surface area contributed by atoms with Gasteiger partial charge in [-0.05, 0) is 91.4 Å². The lowest BCUT2D eigenvalue weighted by Crippen LogP contribution is -2.48. The van der Waals surface area contributed by atoms with Gasteiger partial charge in [0.05, 0.1) is 29.3 Å². The maximum Gasteiger partial charge on any atom is 0.448 e. The molecule has 1 aliphatic heterocycles. The van der Waals surface area contributed by atoms with E-state index in [1.54, 1.807) is 27.7 Å². The molecule has 1 saturated heterocycles. The van der Waals surface area contributed by atoms with Crippen LogP contribution in [0.1, 0.15) is 132 Å². The molecule has 5 unspecified atom stereocenters. The summed E-state index contributed by atoms with van der Waals surface area (Å²) in [4.78, 5) is 53.6. The Morgan fingerprint density at radius 3 is 2.00 bits per heavy atom. The van der Waals surface area contributed by atoms with E-state index in [0.717, 1.165) is 32.1 Å². The Hall–Kier alpha value is -2.44. The van der Waals surface area contributed by atoms with Gasteiger partial charge in [-0.15, -0.1) is 0 Å². The highest BCUT2D eigenvalue weighted by Crippen LogP contribution is 2.48. The molecule has 0 aromatic heterocycles. The van der Waals surface area contributed by atoms with Crippen LogP contribution in [-0.4, -0.2) is 65.4 Å². The normalized spacial score (nSPS) is 23.1. The maximum absolute atomic E-state index is 14.3. The van der Waals surface area contributed by atoms with E-state index in [4.69, 9.17) is 18.9 Å². The number of hydrogen-bond donors (Lipinski definition) is 1. The molecule has 0 amide bonds. The first-order valence-electron chi connectivity index (χ1n) is 16.7. The van der Waals surface area contributed by atoms with Crippen LogP contribution in [0.15, 0.2) is 0 Å². The van der Waals surface area contributed by atoms with Crippen molar-refractivity contribution in [3.8, 4) is 0 Å². The largest absolute Gasteiger partial charge is 0.463 e. The first kappa shape index (κ1) is 40.7. The second-order valence-corrected chi connectivity index (χ2v) is 15.2. The highest BCUT2D eigenvalue weighted by atomic mass is 19.4. The van der Waals surface area contributed by atoms with Crippen LogP contribution in [0.4, 0.5) is 17.6 Å². The average Bonchev–Trinajstić information content (AvgIpc) is 3.35. The minimum Gasteiger partial charge on any atom is -0.463 e. The molecule has 272 valence electrons. The van der Waals surface area contributed by atoms with Gasteiger partial charge in [0.1, 0.15) is 11.7 Å². The van der Waals surface area contributed by atoms with E-state index < -0.39 is 76.4 Å². The number of hydrogen-bond acceptors (Lipinski definition) is 9. The van der Waals surface area contributed by atoms with E-state index in [9.17, 15) is 41.8 Å². The van der Waals surface area contributed by atoms with Crippen LogP contribution < -0.4 is 0 Å². The lowest BCUT2D eigenvalue weighted by molar-refractivity contribution is -0.323. The minimum atomic E-state index is -5.61. The topological polar surface area (TPSA) is 125 Å². The van der Waals surface area contributed by atoms with Crippen molar-refractivity contribution in [1.29, 1.82) is 0 Å². The summed E-state index contributed by atoms with van der Waals surface area (Å²) in [5.74, 6) is -8.05. The van der Waals surface area contributed by atoms with Crippen LogP contribution in [0.5, 0.6) is 0 Å². The number of cyclic esters (lactones) is 1. The molecule has 1 aliphatic carbocycles. The molecule has 2 fully saturated rings. The average molecular weight is 683 g/mol. The second-order valence-electron chi connectivity index (χ2n) is 15.2. The van der Waals surface area contributed by atoms with Crippen LogP contribution in [0.3, 0.4) is 0 Å². The van der Waals surface area contributed by atoms with E-state index in [1.165, 1.54) is 20.8 Å². The van der Waals surface area contributed by atoms with Crippen LogP contribution in [0.2, 0.25) is 0 Å². The summed E-state index contributed by atoms with van der Waals surface area (Å²) in [7, 11) is 0. The fourth-order valence-electron chi connectivity index (χ4n) is 6.78. The summed E-state index contributed by atoms with van der Waals surface area (Å²) in [6.45, 7) is 13.1. The quantitative estimate of drug-likeness (QED) is 0.101. The van der Waals surface area contributed by atoms with Gasteiger partial charge in [0.15, 0.2) is 0 Å². The Kier molecular flexibility index (Phi) is 13.4. The van der Waals surface area contributed by atoms with Gasteiger partial charge in [0.2, 0.25) is 6.10 Å². The Morgan fingerprint density at radius 2 is 1.53 bits per heavy atom. The van der Waals surface area contributed by atoms with E-state index in [0.29, 0.717) is 6.42 Å². The van der Waals surface area contributed by atoms with Crippen LogP contribution in [0, 0.1) is 22.2 Å². The third-order valence-corrected chi connectivity index (χ3v) is 9.73. The van der Waals surface area contributed by atoms with E-state index in [1.807, 2.05) is 6.92 Å². The molecular weight excluding hydrogens is 628 g/mol. The maximum atomic E-state index is 14.3. The molecule has 2 aliphatic rings. The van der Waals surface area contributed by atoms with E-state index in [2.05, 4.69) is 0 Å². The summed E-state index contributed by atoms with van der Waals surface area (Å²) in [5, 5.41) is 9.50. The number of carbonyl (C=O) groups excluding carboxylic acids is 4. The Bertz CT molecular complexity index is 1110. The predicted molar refractivity (Wildman–Crippen MR) is 163 cm³/mol. The van der Waals surface area contributed by atoms with Crippen LogP contribution >= 0.6 is 0 Å². The molecule has 9 nitrogen and oxygen atoms in total. The third-order valence-electron chi connectivity index (χ3n) is 9.73. The zero-order chi connectivity index (χ0) is 36.1. The van der Waals surface area contributed by atoms with E-state index in [-0.39, 0.29) is 44.6 Å². The second kappa shape index (κ2) is 15.4. The van der Waals surface area contributed by atoms with Crippen molar-refractivity contribution in [2.24, 2.45) is 22.2 Å². The van der Waals surface area contributed by atoms with Crippen LogP contribution in [-0.2, 0) is 38.1 Å². The number of rotatable bonds is 16. The molecule has 0 bridgehead atoms. The van der Waals surface area contributed by atoms with Gasteiger partial charge in [0, 0.05) is 6.42 Å². The van der Waals surface area contributed by atoms with Crippen molar-refractivity contribution in [2.75, 3.05) is 6.61 Å². The molecule has 2 rings (SSSR count). The van der Waals surface area contributed by atoms with Crippen molar-refractivity contribution in [1.82, 2.24) is 0 Å². The standard InChI is InChI=1S/C34H54F4O9/c1-9-30(7,28(42)47-32(10-2)15-12-11-13-16-32)21-31(8,27(41)46-24-14-17-44-25(24)39)20-29(5,6)26(40)45-23(18-22(3)4)19-33(35,43)34(36,37)38/h22-24,43H,9-21H2,1-8H3. The van der Waals surface area contributed by atoms with Gasteiger partial charge in [-0.2, -0.15) is 13.2 Å². The van der Waals surface area contributed by atoms with Gasteiger partial charge in [-0.1, -0.05) is 34.1 Å². The summed E-state index contributed by atoms with van der Waals surface area (Å²) in [6.07, 6.45) is -5.26. The number of alkyl halides is 4. The number of ether oxygens (including phenoxy) is 4. The first-order chi connectivity index (χ1) is 21.4. The number of halogens is 4. The van der Waals surface area contributed by atoms with Gasteiger partial charge in [-0.25, -0.2) is 9.18 Å². The highest BCUT2D eigenvalue weighted by molar-refractivity contribution is 5.85. The lowest BCUT2D eigenvalue weighted by Gasteiger charge is -2.43. The summed E-state index contributed by atoms with van der Waals surface area (Å²) >= 11 is 0. The van der Waals surface area contributed by atoms with Crippen LogP contribution in [0.25, 0.3) is 0 Å². The molecule has 5 atom stereocenters. The van der Waals surface area contributed by atoms with Crippen molar-refractivity contribution < 1.29 is 60.8 Å². The minimum absolute atomic E-state index is 0.0551. The number of esters is 4. The van der Waals surface area contributed by atoms with Crippen molar-refractivity contribution >= 4 is 23.9 Å². The molecule has 47 heavy (non-hydrogen) atoms. The monoisotopic (exact) mass is 682 g/mol. The Morgan fingerprint density at radius 1 is 0.936 bits per heavy atom. The fraction of sp³-hybridized carbons (Fsp3) is 0.882. The smallest absolute Gasteiger partial charge is 0.448 e. The molecule has 1 heterocycles. The molecule has 0 radical (unpaired) electrons. The van der Waals surface area contributed by atoms with Gasteiger partial charge in [-0.3, -0.25) is 14.4 Å². The zero-order valence-electron chi connectivity index (χ0n) is 29.1. The summed E-state index contributed by atoms with van der Waals surface area (Å²) in [5.41, 5.74) is -5.05. The zero-order valence-corrected chi connectivity index (χ0v) is 29.1. The lowest BCUT2D eigenvalue weighted by atomic mass is 9.65. The van der Waals surface area contributed by atoms with Crippen molar-refractivity contribution in [3.05, 3.63) is 0 Å².